The van der Waals surface area contributed by atoms with Gasteiger partial charge in [0.25, 0.3) is 0 Å². The summed E-state index contributed by atoms with van der Waals surface area (Å²) in [5, 5.41) is 0. The second-order valence-electron chi connectivity index (χ2n) is 3.75. The first kappa shape index (κ1) is 9.30. The fourth-order valence-corrected chi connectivity index (χ4v) is 3.97. The zero-order valence-corrected chi connectivity index (χ0v) is 10.0. The molecule has 4 nitrogen and oxygen atoms in total. The molecule has 4 unspecified atom stereocenters. The summed E-state index contributed by atoms with van der Waals surface area (Å²) in [7, 11) is 0. The fourth-order valence-electron chi connectivity index (χ4n) is 2.46. The largest absolute Gasteiger partial charge is 0.393 e. The van der Waals surface area contributed by atoms with Gasteiger partial charge in [-0.3, -0.25) is 9.59 Å². The molecule has 0 radical (unpaired) electrons. The van der Waals surface area contributed by atoms with Crippen molar-refractivity contribution in [2.45, 2.75) is 21.9 Å². The lowest BCUT2D eigenvalue weighted by atomic mass is 9.81. The van der Waals surface area contributed by atoms with Crippen LogP contribution in [0.2, 0.25) is 0 Å². The maximum atomic E-state index is 11.3. The molecule has 0 saturated carbocycles. The van der Waals surface area contributed by atoms with Crippen molar-refractivity contribution in [3.63, 3.8) is 0 Å². The van der Waals surface area contributed by atoms with Crippen LogP contribution in [0.25, 0.3) is 0 Å². The first-order valence-corrected chi connectivity index (χ1v) is 6.13. The maximum absolute atomic E-state index is 11.3. The molecule has 3 heterocycles. The van der Waals surface area contributed by atoms with Gasteiger partial charge in [-0.15, -0.1) is 0 Å². The van der Waals surface area contributed by atoms with E-state index in [1.54, 1.807) is 0 Å². The molecule has 0 N–H and O–H groups in total. The number of hydrogen-bond acceptors (Lipinski definition) is 4. The molecule has 6 atom stereocenters. The minimum absolute atomic E-state index is 0.0761. The second kappa shape index (κ2) is 2.80. The number of carbonyl (C=O) groups is 2. The Morgan fingerprint density at radius 2 is 1.36 bits per heavy atom. The first-order valence-electron chi connectivity index (χ1n) is 4.30. The predicted molar refractivity (Wildman–Crippen MR) is 52.2 cm³/mol. The molecule has 0 aromatic heterocycles. The van der Waals surface area contributed by atoms with Gasteiger partial charge in [0.05, 0.1) is 21.9 Å². The normalized spacial score (nSPS) is 55.0. The zero-order chi connectivity index (χ0) is 10.0. The molecule has 0 aromatic carbocycles. The van der Waals surface area contributed by atoms with E-state index >= 15 is 0 Å². The molecule has 0 aromatic rings. The van der Waals surface area contributed by atoms with Crippen LogP contribution in [-0.2, 0) is 19.1 Å². The number of hydrogen-bond donors (Lipinski definition) is 0. The Hall–Kier alpha value is 0.0600. The van der Waals surface area contributed by atoms with E-state index in [9.17, 15) is 9.59 Å². The van der Waals surface area contributed by atoms with Crippen molar-refractivity contribution in [2.75, 3.05) is 0 Å². The van der Waals surface area contributed by atoms with Gasteiger partial charge in [0, 0.05) is 0 Å². The van der Waals surface area contributed by atoms with Gasteiger partial charge in [0.1, 0.15) is 11.8 Å². The first-order chi connectivity index (χ1) is 6.61. The number of halogens is 2. The van der Waals surface area contributed by atoms with Gasteiger partial charge >= 0.3 is 11.9 Å². The van der Waals surface area contributed by atoms with Gasteiger partial charge < -0.3 is 9.47 Å². The number of fused-ring (bicyclic) bond motifs is 5. The molecule has 3 aliphatic heterocycles. The van der Waals surface area contributed by atoms with Crippen LogP contribution in [0.4, 0.5) is 0 Å². The number of cyclic esters (lactones) is 2. The number of ether oxygens (including phenoxy) is 2. The quantitative estimate of drug-likeness (QED) is 0.372. The Kier molecular flexibility index (Phi) is 1.86. The topological polar surface area (TPSA) is 52.6 Å². The van der Waals surface area contributed by atoms with Crippen LogP contribution in [0.5, 0.6) is 0 Å². The van der Waals surface area contributed by atoms with E-state index < -0.39 is 23.8 Å². The zero-order valence-electron chi connectivity index (χ0n) is 6.85. The van der Waals surface area contributed by atoms with E-state index in [1.807, 2.05) is 0 Å². The lowest BCUT2D eigenvalue weighted by Crippen LogP contribution is -2.42. The molecule has 3 aliphatic rings. The molecular formula is C8H6Br2O4. The second-order valence-corrected chi connectivity index (χ2v) is 5.86. The van der Waals surface area contributed by atoms with Crippen molar-refractivity contribution >= 4 is 43.8 Å². The third kappa shape index (κ3) is 0.919. The van der Waals surface area contributed by atoms with E-state index in [0.29, 0.717) is 0 Å². The molecule has 14 heavy (non-hydrogen) atoms. The van der Waals surface area contributed by atoms with E-state index in [1.165, 1.54) is 0 Å². The third-order valence-electron chi connectivity index (χ3n) is 3.09. The van der Waals surface area contributed by atoms with Gasteiger partial charge in [0.2, 0.25) is 0 Å². The van der Waals surface area contributed by atoms with Crippen molar-refractivity contribution in [3.8, 4) is 0 Å². The molecule has 2 bridgehead atoms. The van der Waals surface area contributed by atoms with Crippen molar-refractivity contribution in [1.29, 1.82) is 0 Å². The Bertz CT molecular complexity index is 301. The highest BCUT2D eigenvalue weighted by molar-refractivity contribution is 9.12. The average molecular weight is 326 g/mol. The third-order valence-corrected chi connectivity index (χ3v) is 5.98. The number of esters is 2. The van der Waals surface area contributed by atoms with Crippen LogP contribution in [0.3, 0.4) is 0 Å². The highest BCUT2D eigenvalue weighted by Crippen LogP contribution is 2.52. The lowest BCUT2D eigenvalue weighted by molar-refractivity contribution is -0.156. The molecule has 6 heteroatoms. The van der Waals surface area contributed by atoms with Crippen molar-refractivity contribution in [1.82, 2.24) is 0 Å². The summed E-state index contributed by atoms with van der Waals surface area (Å²) < 4.78 is 10.2. The molecule has 0 aliphatic carbocycles. The van der Waals surface area contributed by atoms with Gasteiger partial charge in [-0.05, 0) is 0 Å². The number of rotatable bonds is 0. The van der Waals surface area contributed by atoms with Gasteiger partial charge in [-0.2, -0.15) is 0 Å². The average Bonchev–Trinajstić information content (AvgIpc) is 2.71. The van der Waals surface area contributed by atoms with E-state index in [4.69, 9.17) is 4.74 Å². The Balaban J connectivity index is 2.01. The minimum Gasteiger partial charge on any atom is -0.393 e. The van der Waals surface area contributed by atoms with E-state index in [2.05, 4.69) is 36.6 Å². The Labute approximate surface area is 96.6 Å². The summed E-state index contributed by atoms with van der Waals surface area (Å²) >= 11 is 6.91. The highest BCUT2D eigenvalue weighted by atomic mass is 79.9. The highest BCUT2D eigenvalue weighted by Gasteiger charge is 2.67. The fraction of sp³-hybridized carbons (Fsp3) is 0.750. The number of carbonyl (C=O) groups excluding carboxylic acids is 2. The Morgan fingerprint density at radius 3 is 1.79 bits per heavy atom. The van der Waals surface area contributed by atoms with Crippen LogP contribution in [0.1, 0.15) is 0 Å². The summed E-state index contributed by atoms with van der Waals surface area (Å²) in [5.41, 5.74) is 0. The molecule has 3 rings (SSSR count). The summed E-state index contributed by atoms with van der Waals surface area (Å²) in [6.07, 6.45) is -0.457. The van der Waals surface area contributed by atoms with Crippen molar-refractivity contribution in [2.24, 2.45) is 11.8 Å². The predicted octanol–water partition coefficient (Wildman–Crippen LogP) is 0.610. The summed E-state index contributed by atoms with van der Waals surface area (Å²) in [6, 6.07) is 0. The minimum atomic E-state index is -0.434. The standard InChI is InChI=1S/C8H6Br2O4/c9-3-4(10)6-2-1(5(3)13-6)7(11)14-8(2)12/h1-6H/t1?,2?,3-,4-,5?,6?/m0/s1. The molecule has 76 valence electrons. The van der Waals surface area contributed by atoms with Crippen LogP contribution >= 0.6 is 31.9 Å². The summed E-state index contributed by atoms with van der Waals surface area (Å²) in [4.78, 5) is 22.9. The van der Waals surface area contributed by atoms with Crippen molar-refractivity contribution in [3.05, 3.63) is 0 Å². The molecular weight excluding hydrogens is 320 g/mol. The van der Waals surface area contributed by atoms with Crippen LogP contribution in [0.15, 0.2) is 0 Å². The van der Waals surface area contributed by atoms with Crippen LogP contribution in [0, 0.1) is 11.8 Å². The molecule has 3 saturated heterocycles. The summed E-state index contributed by atoms with van der Waals surface area (Å²) in [6.45, 7) is 0. The van der Waals surface area contributed by atoms with E-state index in [-0.39, 0.29) is 21.9 Å². The smallest absolute Gasteiger partial charge is 0.320 e. The van der Waals surface area contributed by atoms with Crippen LogP contribution in [-0.4, -0.2) is 33.8 Å². The van der Waals surface area contributed by atoms with Gasteiger partial charge in [-0.25, -0.2) is 0 Å². The molecule has 3 fully saturated rings. The van der Waals surface area contributed by atoms with Crippen molar-refractivity contribution < 1.29 is 19.1 Å². The van der Waals surface area contributed by atoms with Gasteiger partial charge in [-0.1, -0.05) is 31.9 Å². The maximum Gasteiger partial charge on any atom is 0.320 e. The van der Waals surface area contributed by atoms with Gasteiger partial charge in [0.15, 0.2) is 0 Å². The molecule has 0 amide bonds. The molecule has 0 spiro atoms. The van der Waals surface area contributed by atoms with E-state index in [0.717, 1.165) is 0 Å². The SMILES string of the molecule is O=C1OC(=O)C2C1C1OC2[C@@H](Br)[C@@H]1Br. The number of alkyl halides is 2. The van der Waals surface area contributed by atoms with Crippen LogP contribution < -0.4 is 0 Å². The Morgan fingerprint density at radius 1 is 0.929 bits per heavy atom. The monoisotopic (exact) mass is 324 g/mol. The lowest BCUT2D eigenvalue weighted by Gasteiger charge is -2.23. The summed E-state index contributed by atoms with van der Waals surface area (Å²) in [5.74, 6) is -1.66.